The molecule has 5 nitrogen and oxygen atoms in total. The van der Waals surface area contributed by atoms with E-state index in [1.807, 2.05) is 0 Å². The Balaban J connectivity index is 2.14. The molecule has 0 radical (unpaired) electrons. The molecule has 28 heavy (non-hydrogen) atoms. The third-order valence-corrected chi connectivity index (χ3v) is 4.76. The molecule has 2 N–H and O–H groups in total. The molecular formula is C19H17BrF3NO4. The zero-order valence-corrected chi connectivity index (χ0v) is 16.3. The Morgan fingerprint density at radius 1 is 1.14 bits per heavy atom. The molecule has 2 aromatic carbocycles. The molecule has 0 fully saturated rings. The van der Waals surface area contributed by atoms with Gasteiger partial charge in [-0.3, -0.25) is 4.79 Å². The highest BCUT2D eigenvalue weighted by Gasteiger charge is 2.31. The number of hydrogen-bond acceptors (Lipinski definition) is 4. The fraction of sp³-hybridized carbons (Fsp3) is 0.263. The predicted octanol–water partition coefficient (Wildman–Crippen LogP) is 3.40. The summed E-state index contributed by atoms with van der Waals surface area (Å²) in [5.74, 6) is -1.65. The van der Waals surface area contributed by atoms with Crippen LogP contribution >= 0.6 is 15.9 Å². The van der Waals surface area contributed by atoms with Crippen molar-refractivity contribution in [2.24, 2.45) is 0 Å². The number of benzene rings is 2. The minimum absolute atomic E-state index is 0.0324. The number of hydrogen-bond donors (Lipinski definition) is 2. The molecule has 0 saturated heterocycles. The van der Waals surface area contributed by atoms with Gasteiger partial charge in [0.1, 0.15) is 6.04 Å². The average molecular weight is 460 g/mol. The smallest absolute Gasteiger partial charge is 0.416 e. The number of methoxy groups -OCH3 is 1. The minimum Gasteiger partial charge on any atom is -0.467 e. The van der Waals surface area contributed by atoms with Gasteiger partial charge in [0.05, 0.1) is 12.7 Å². The Bertz CT molecular complexity index is 840. The maximum Gasteiger partial charge on any atom is 0.416 e. The number of aliphatic hydroxyl groups is 1. The normalized spacial score (nSPS) is 13.5. The van der Waals surface area contributed by atoms with Gasteiger partial charge in [-0.25, -0.2) is 4.79 Å². The molecule has 0 aliphatic carbocycles. The molecule has 0 aliphatic rings. The lowest BCUT2D eigenvalue weighted by Gasteiger charge is -2.20. The van der Waals surface area contributed by atoms with Crippen LogP contribution in [0.4, 0.5) is 13.2 Å². The lowest BCUT2D eigenvalue weighted by molar-refractivity contribution is -0.146. The van der Waals surface area contributed by atoms with Crippen molar-refractivity contribution in [1.82, 2.24) is 5.32 Å². The summed E-state index contributed by atoms with van der Waals surface area (Å²) in [4.78, 5) is 24.3. The molecule has 150 valence electrons. The van der Waals surface area contributed by atoms with Gasteiger partial charge in [0.2, 0.25) is 0 Å². The first-order valence-electron chi connectivity index (χ1n) is 8.10. The molecule has 2 aromatic rings. The van der Waals surface area contributed by atoms with Gasteiger partial charge in [-0.2, -0.15) is 13.2 Å². The zero-order chi connectivity index (χ0) is 20.9. The van der Waals surface area contributed by atoms with E-state index < -0.39 is 35.8 Å². The first-order chi connectivity index (χ1) is 13.1. The summed E-state index contributed by atoms with van der Waals surface area (Å²) >= 11 is 3.34. The molecule has 0 unspecified atom stereocenters. The van der Waals surface area contributed by atoms with Crippen molar-refractivity contribution in [1.29, 1.82) is 0 Å². The number of amides is 1. The van der Waals surface area contributed by atoms with Crippen LogP contribution in [0.3, 0.4) is 0 Å². The highest BCUT2D eigenvalue weighted by atomic mass is 79.9. The van der Waals surface area contributed by atoms with Crippen molar-refractivity contribution in [2.45, 2.75) is 24.7 Å². The number of alkyl halides is 3. The first-order valence-corrected chi connectivity index (χ1v) is 8.89. The van der Waals surface area contributed by atoms with E-state index in [1.54, 1.807) is 24.3 Å². The molecule has 2 atom stereocenters. The zero-order valence-electron chi connectivity index (χ0n) is 14.7. The maximum absolute atomic E-state index is 12.6. The third kappa shape index (κ3) is 5.56. The van der Waals surface area contributed by atoms with Crippen molar-refractivity contribution in [3.05, 3.63) is 69.7 Å². The van der Waals surface area contributed by atoms with Gasteiger partial charge in [0.25, 0.3) is 5.91 Å². The fourth-order valence-electron chi connectivity index (χ4n) is 2.48. The quantitative estimate of drug-likeness (QED) is 0.649. The summed E-state index contributed by atoms with van der Waals surface area (Å²) in [6.07, 6.45) is -6.17. The monoisotopic (exact) mass is 459 g/mol. The van der Waals surface area contributed by atoms with E-state index in [2.05, 4.69) is 26.0 Å². The number of rotatable bonds is 6. The molecule has 9 heteroatoms. The Morgan fingerprint density at radius 3 is 2.29 bits per heavy atom. The molecule has 0 bridgehead atoms. The van der Waals surface area contributed by atoms with Crippen LogP contribution < -0.4 is 5.32 Å². The number of aliphatic hydroxyl groups excluding tert-OH is 1. The second-order valence-electron chi connectivity index (χ2n) is 5.90. The van der Waals surface area contributed by atoms with E-state index in [0.29, 0.717) is 0 Å². The Kier molecular flexibility index (Phi) is 7.20. The van der Waals surface area contributed by atoms with Crippen molar-refractivity contribution in [3.8, 4) is 0 Å². The summed E-state index contributed by atoms with van der Waals surface area (Å²) in [7, 11) is 1.16. The van der Waals surface area contributed by atoms with Crippen LogP contribution in [-0.4, -0.2) is 30.1 Å². The maximum atomic E-state index is 12.6. The Morgan fingerprint density at radius 2 is 1.75 bits per heavy atom. The topological polar surface area (TPSA) is 75.6 Å². The Labute approximate surface area is 167 Å². The number of nitrogens with one attached hydrogen (secondary N) is 1. The molecule has 0 aliphatic heterocycles. The van der Waals surface area contributed by atoms with E-state index in [1.165, 1.54) is 0 Å². The minimum atomic E-state index is -4.52. The average Bonchev–Trinajstić information content (AvgIpc) is 2.67. The number of carbonyl (C=O) groups is 2. The van der Waals surface area contributed by atoms with Crippen LogP contribution in [0, 0.1) is 0 Å². The second-order valence-corrected chi connectivity index (χ2v) is 6.76. The van der Waals surface area contributed by atoms with Crippen LogP contribution in [0.1, 0.15) is 22.8 Å². The molecule has 1 amide bonds. The highest BCUT2D eigenvalue weighted by Crippen LogP contribution is 2.30. The molecule has 0 spiro atoms. The molecule has 2 rings (SSSR count). The summed E-state index contributed by atoms with van der Waals surface area (Å²) in [6, 6.07) is 9.53. The SMILES string of the molecule is COC(=O)[C@@H](Cc1ccccc1Br)NC(=O)[C@H](O)c1ccc(C(F)(F)F)cc1. The first kappa shape index (κ1) is 21.9. The van der Waals surface area contributed by atoms with Crippen molar-refractivity contribution < 1.29 is 32.6 Å². The number of halogens is 4. The molecule has 0 aromatic heterocycles. The lowest BCUT2D eigenvalue weighted by atomic mass is 10.0. The molecule has 0 saturated carbocycles. The van der Waals surface area contributed by atoms with E-state index >= 15 is 0 Å². The van der Waals surface area contributed by atoms with E-state index in [9.17, 15) is 27.9 Å². The number of carbonyl (C=O) groups excluding carboxylic acids is 2. The number of ether oxygens (including phenoxy) is 1. The summed E-state index contributed by atoms with van der Waals surface area (Å²) in [6.45, 7) is 0. The fourth-order valence-corrected chi connectivity index (χ4v) is 2.92. The standard InChI is InChI=1S/C19H17BrF3NO4/c1-28-18(27)15(10-12-4-2-3-5-14(12)20)24-17(26)16(25)11-6-8-13(9-7-11)19(21,22)23/h2-9,15-16,25H,10H2,1H3,(H,24,26)/t15-,16-/m1/s1. The van der Waals surface area contributed by atoms with Gasteiger partial charge < -0.3 is 15.2 Å². The summed E-state index contributed by atoms with van der Waals surface area (Å²) < 4.78 is 43.3. The van der Waals surface area contributed by atoms with Crippen LogP contribution in [0.15, 0.2) is 53.0 Å². The van der Waals surface area contributed by atoms with E-state index in [-0.39, 0.29) is 12.0 Å². The van der Waals surface area contributed by atoms with E-state index in [0.717, 1.165) is 41.4 Å². The van der Waals surface area contributed by atoms with Crippen LogP contribution in [0.25, 0.3) is 0 Å². The van der Waals surface area contributed by atoms with Crippen molar-refractivity contribution in [3.63, 3.8) is 0 Å². The lowest BCUT2D eigenvalue weighted by Crippen LogP contribution is -2.45. The van der Waals surface area contributed by atoms with Gasteiger partial charge in [-0.1, -0.05) is 46.3 Å². The number of esters is 1. The van der Waals surface area contributed by atoms with Crippen LogP contribution in [0.5, 0.6) is 0 Å². The van der Waals surface area contributed by atoms with Crippen LogP contribution in [0.2, 0.25) is 0 Å². The predicted molar refractivity (Wildman–Crippen MR) is 98.2 cm³/mol. The largest absolute Gasteiger partial charge is 0.467 e. The van der Waals surface area contributed by atoms with Gasteiger partial charge in [-0.05, 0) is 29.3 Å². The van der Waals surface area contributed by atoms with Gasteiger partial charge in [0.15, 0.2) is 6.10 Å². The second kappa shape index (κ2) is 9.20. The van der Waals surface area contributed by atoms with Gasteiger partial charge in [-0.15, -0.1) is 0 Å². The van der Waals surface area contributed by atoms with Gasteiger partial charge >= 0.3 is 12.1 Å². The molecule has 0 heterocycles. The van der Waals surface area contributed by atoms with Crippen LogP contribution in [-0.2, 0) is 26.9 Å². The molecular weight excluding hydrogens is 443 g/mol. The van der Waals surface area contributed by atoms with E-state index in [4.69, 9.17) is 0 Å². The Hall–Kier alpha value is -2.39. The summed E-state index contributed by atoms with van der Waals surface area (Å²) in [5.41, 5.74) is -0.206. The van der Waals surface area contributed by atoms with Crippen molar-refractivity contribution >= 4 is 27.8 Å². The highest BCUT2D eigenvalue weighted by molar-refractivity contribution is 9.10. The summed E-state index contributed by atoms with van der Waals surface area (Å²) in [5, 5.41) is 12.5. The third-order valence-electron chi connectivity index (χ3n) is 3.99. The van der Waals surface area contributed by atoms with Crippen molar-refractivity contribution in [2.75, 3.05) is 7.11 Å². The van der Waals surface area contributed by atoms with Gasteiger partial charge in [0, 0.05) is 10.9 Å².